The Hall–Kier alpha value is -2.34. The molecule has 0 spiro atoms. The van der Waals surface area contributed by atoms with Crippen LogP contribution in [0.25, 0.3) is 22.3 Å². The van der Waals surface area contributed by atoms with Crippen LogP contribution in [0.3, 0.4) is 0 Å². The first-order chi connectivity index (χ1) is 14.3. The van der Waals surface area contributed by atoms with E-state index in [1.165, 1.54) is 0 Å². The fourth-order valence-corrected chi connectivity index (χ4v) is 1.49. The van der Waals surface area contributed by atoms with Gasteiger partial charge in [0, 0.05) is 0 Å². The van der Waals surface area contributed by atoms with Gasteiger partial charge in [0.15, 0.2) is 0 Å². The van der Waals surface area contributed by atoms with Crippen LogP contribution in [0.15, 0.2) is 84.6 Å². The van der Waals surface area contributed by atoms with E-state index in [1.807, 2.05) is 0 Å². The van der Waals surface area contributed by atoms with Crippen LogP contribution in [0.2, 0.25) is 0 Å². The topological polar surface area (TPSA) is 0 Å². The van der Waals surface area contributed by atoms with E-state index in [0.29, 0.717) is 0 Å². The first-order valence-corrected chi connectivity index (χ1v) is 5.08. The molecule has 0 unspecified atom stereocenters. The molecule has 0 aliphatic carbocycles. The molecular weight excluding hydrogens is 216 g/mol. The number of hydrogen-bond donors (Lipinski definition) is 0. The van der Waals surface area contributed by atoms with Crippen molar-refractivity contribution < 1.29 is 17.8 Å². The van der Waals surface area contributed by atoms with Crippen LogP contribution < -0.4 is 0 Å². The molecule has 18 heavy (non-hydrogen) atoms. The maximum atomic E-state index is 8.35. The highest BCUT2D eigenvalue weighted by Gasteiger charge is 2.05. The van der Waals surface area contributed by atoms with Gasteiger partial charge in [-0.3, -0.25) is 0 Å². The van der Waals surface area contributed by atoms with Crippen LogP contribution in [-0.2, 0) is 0 Å². The second-order valence-corrected chi connectivity index (χ2v) is 3.33. The molecule has 0 bridgehead atoms. The lowest BCUT2D eigenvalue weighted by molar-refractivity contribution is 1.58. The minimum atomic E-state index is -0.712. The second kappa shape index (κ2) is 4.89. The van der Waals surface area contributed by atoms with Gasteiger partial charge in [0.2, 0.25) is 0 Å². The number of benzene rings is 3. The lowest BCUT2D eigenvalue weighted by Gasteiger charge is -2.09. The molecular formula is C18H14. The van der Waals surface area contributed by atoms with E-state index < -0.39 is 89.7 Å². The van der Waals surface area contributed by atoms with Gasteiger partial charge in [-0.1, -0.05) is 84.6 Å². The third-order valence-electron chi connectivity index (χ3n) is 2.26. The van der Waals surface area contributed by atoms with Gasteiger partial charge in [-0.25, -0.2) is 0 Å². The summed E-state index contributed by atoms with van der Waals surface area (Å²) in [6.45, 7) is 0. The highest BCUT2D eigenvalue weighted by Crippen LogP contribution is 2.31. The molecule has 0 nitrogen and oxygen atoms in total. The summed E-state index contributed by atoms with van der Waals surface area (Å²) < 4.78 is 104. The summed E-state index contributed by atoms with van der Waals surface area (Å²) in [4.78, 5) is 0. The fraction of sp³-hybridized carbons (Fsp3) is 0. The Labute approximate surface area is 126 Å². The SMILES string of the molecule is [2H]c1cc(-c2c([2H])c([2H])c([2H])c([2H])c2-c2c([2H])c([2H])c([2H])c([2H])c2[2H])c([2H])c([2H])c1[2H]. The molecule has 0 aliphatic heterocycles. The van der Waals surface area contributed by atoms with Crippen molar-refractivity contribution in [2.75, 3.05) is 0 Å². The summed E-state index contributed by atoms with van der Waals surface area (Å²) in [5, 5.41) is 0. The van der Waals surface area contributed by atoms with Crippen molar-refractivity contribution in [1.29, 1.82) is 0 Å². The third-order valence-corrected chi connectivity index (χ3v) is 2.26. The maximum absolute atomic E-state index is 8.35. The predicted octanol–water partition coefficient (Wildman–Crippen LogP) is 5.02. The van der Waals surface area contributed by atoms with E-state index in [1.54, 1.807) is 0 Å². The Morgan fingerprint density at radius 3 is 1.72 bits per heavy atom. The predicted molar refractivity (Wildman–Crippen MR) is 77.3 cm³/mol. The van der Waals surface area contributed by atoms with Gasteiger partial charge in [-0.05, 0) is 22.3 Å². The van der Waals surface area contributed by atoms with E-state index in [9.17, 15) is 0 Å². The highest BCUT2D eigenvalue weighted by molar-refractivity contribution is 5.83. The molecule has 0 radical (unpaired) electrons. The first-order valence-electron chi connectivity index (χ1n) is 11.6. The fourth-order valence-electron chi connectivity index (χ4n) is 1.49. The molecule has 0 N–H and O–H groups in total. The Kier molecular flexibility index (Phi) is 0.972. The lowest BCUT2D eigenvalue weighted by atomic mass is 9.95. The monoisotopic (exact) mass is 243 g/mol. The molecule has 0 fully saturated rings. The largest absolute Gasteiger partial charge is 0.0629 e. The normalized spacial score (nSPS) is 20.3. The van der Waals surface area contributed by atoms with Crippen molar-refractivity contribution in [1.82, 2.24) is 0 Å². The lowest BCUT2D eigenvalue weighted by Crippen LogP contribution is -1.83. The van der Waals surface area contributed by atoms with Crippen LogP contribution in [-0.4, -0.2) is 0 Å². The third kappa shape index (κ3) is 2.05. The van der Waals surface area contributed by atoms with E-state index in [2.05, 4.69) is 0 Å². The van der Waals surface area contributed by atoms with Gasteiger partial charge in [0.1, 0.15) is 0 Å². The average molecular weight is 243 g/mol. The molecule has 0 atom stereocenters. The summed E-state index contributed by atoms with van der Waals surface area (Å²) >= 11 is 0. The van der Waals surface area contributed by atoms with Gasteiger partial charge in [-0.15, -0.1) is 0 Å². The molecule has 0 amide bonds. The summed E-state index contributed by atoms with van der Waals surface area (Å²) in [5.41, 5.74) is -1.58. The zero-order valence-corrected chi connectivity index (χ0v) is 9.08. The molecule has 0 saturated carbocycles. The van der Waals surface area contributed by atoms with Crippen LogP contribution in [0.5, 0.6) is 0 Å². The van der Waals surface area contributed by atoms with E-state index in [0.717, 1.165) is 6.07 Å². The summed E-state index contributed by atoms with van der Waals surface area (Å²) in [6.07, 6.45) is 0. The minimum Gasteiger partial charge on any atom is -0.0622 e. The summed E-state index contributed by atoms with van der Waals surface area (Å²) in [6, 6.07) is -7.46. The molecule has 0 saturated heterocycles. The van der Waals surface area contributed by atoms with Crippen LogP contribution in [0, 0.1) is 0 Å². The Balaban J connectivity index is 2.64. The van der Waals surface area contributed by atoms with Crippen molar-refractivity contribution in [3.8, 4) is 22.3 Å². The van der Waals surface area contributed by atoms with Crippen LogP contribution >= 0.6 is 0 Å². The van der Waals surface area contributed by atoms with Crippen molar-refractivity contribution in [2.45, 2.75) is 0 Å². The van der Waals surface area contributed by atoms with Crippen molar-refractivity contribution >= 4 is 0 Å². The van der Waals surface area contributed by atoms with Crippen molar-refractivity contribution in [2.24, 2.45) is 0 Å². The molecule has 3 rings (SSSR count). The summed E-state index contributed by atoms with van der Waals surface area (Å²) in [5.74, 6) is 0. The minimum absolute atomic E-state index is 0.278. The zero-order valence-electron chi connectivity index (χ0n) is 22.1. The Bertz CT molecular complexity index is 1230. The first kappa shape index (κ1) is 3.58. The maximum Gasteiger partial charge on any atom is 0.0629 e. The molecule has 0 heterocycles. The van der Waals surface area contributed by atoms with E-state index in [4.69, 9.17) is 17.8 Å². The molecule has 0 aliphatic rings. The molecule has 3 aromatic rings. The van der Waals surface area contributed by atoms with Gasteiger partial charge in [-0.2, -0.15) is 0 Å². The van der Waals surface area contributed by atoms with Gasteiger partial charge < -0.3 is 0 Å². The van der Waals surface area contributed by atoms with Crippen LogP contribution in [0.4, 0.5) is 0 Å². The zero-order chi connectivity index (χ0) is 23.5. The number of hydrogen-bond acceptors (Lipinski definition) is 0. The van der Waals surface area contributed by atoms with Crippen LogP contribution in [0.1, 0.15) is 17.8 Å². The van der Waals surface area contributed by atoms with Gasteiger partial charge >= 0.3 is 0 Å². The molecule has 86 valence electrons. The van der Waals surface area contributed by atoms with Crippen molar-refractivity contribution in [3.63, 3.8) is 0 Å². The Morgan fingerprint density at radius 2 is 1.00 bits per heavy atom. The van der Waals surface area contributed by atoms with Gasteiger partial charge in [0.25, 0.3) is 0 Å². The number of rotatable bonds is 2. The molecule has 3 aromatic carbocycles. The quantitative estimate of drug-likeness (QED) is 0.593. The second-order valence-electron chi connectivity index (χ2n) is 3.33. The van der Waals surface area contributed by atoms with E-state index >= 15 is 0 Å². The summed E-state index contributed by atoms with van der Waals surface area (Å²) in [7, 11) is 0. The Morgan fingerprint density at radius 1 is 0.500 bits per heavy atom. The van der Waals surface area contributed by atoms with Gasteiger partial charge in [0.05, 0.1) is 17.8 Å². The smallest absolute Gasteiger partial charge is 0.0622 e. The standard InChI is InChI=1S/C18H14/c1-3-9-15(10-4-1)17-13-7-8-14-18(17)16-11-5-2-6-12-16/h1-14H/i1D,2D,3D,4D,5D,6D,7D,8D,9D,10D,11D,13D,14D. The molecule has 0 heteroatoms. The van der Waals surface area contributed by atoms with Crippen molar-refractivity contribution in [3.05, 3.63) is 84.6 Å². The molecule has 0 aromatic heterocycles. The van der Waals surface area contributed by atoms with E-state index in [-0.39, 0.29) is 11.1 Å². The highest BCUT2D eigenvalue weighted by atomic mass is 14.1. The average Bonchev–Trinajstić information content (AvgIpc) is 2.74.